The number of hydrogen-bond donors (Lipinski definition) is 0. The van der Waals surface area contributed by atoms with Gasteiger partial charge >= 0.3 is 0 Å². The van der Waals surface area contributed by atoms with Gasteiger partial charge in [0.1, 0.15) is 0 Å². The van der Waals surface area contributed by atoms with Crippen molar-refractivity contribution in [3.05, 3.63) is 23.5 Å². The molecule has 0 amide bonds. The summed E-state index contributed by atoms with van der Waals surface area (Å²) in [6, 6.07) is 2.39. The van der Waals surface area contributed by atoms with Crippen molar-refractivity contribution < 1.29 is 0 Å². The molecule has 0 N–H and O–H groups in total. The first-order valence-corrected chi connectivity index (χ1v) is 6.69. The van der Waals surface area contributed by atoms with Gasteiger partial charge in [0.05, 0.1) is 0 Å². The van der Waals surface area contributed by atoms with Gasteiger partial charge in [-0.15, -0.1) is 0 Å². The Bertz CT molecular complexity index is 315. The van der Waals surface area contributed by atoms with Crippen molar-refractivity contribution in [2.24, 2.45) is 0 Å². The fourth-order valence-electron chi connectivity index (χ4n) is 2.14. The zero-order chi connectivity index (χ0) is 12.2. The maximum absolute atomic E-state index is 2.46. The van der Waals surface area contributed by atoms with Gasteiger partial charge in [-0.2, -0.15) is 0 Å². The molecular weight excluding hydrogens is 194 g/mol. The molecule has 16 heavy (non-hydrogen) atoms. The molecule has 1 rings (SSSR count). The van der Waals surface area contributed by atoms with E-state index < -0.39 is 0 Å². The lowest BCUT2D eigenvalue weighted by Crippen LogP contribution is -2.23. The second kappa shape index (κ2) is 5.56. The third-order valence-electron chi connectivity index (χ3n) is 3.12. The van der Waals surface area contributed by atoms with Gasteiger partial charge in [-0.1, -0.05) is 26.7 Å². The summed E-state index contributed by atoms with van der Waals surface area (Å²) in [7, 11) is 0. The molecule has 1 nitrogen and oxygen atoms in total. The van der Waals surface area contributed by atoms with Crippen LogP contribution in [0.2, 0.25) is 0 Å². The summed E-state index contributed by atoms with van der Waals surface area (Å²) in [4.78, 5) is 0. The molecule has 1 aromatic heterocycles. The Morgan fingerprint density at radius 2 is 1.81 bits per heavy atom. The summed E-state index contributed by atoms with van der Waals surface area (Å²) in [6.07, 6.45) is 8.67. The second-order valence-corrected chi connectivity index (χ2v) is 5.69. The van der Waals surface area contributed by atoms with E-state index in [0.29, 0.717) is 0 Å². The summed E-state index contributed by atoms with van der Waals surface area (Å²) in [5.41, 5.74) is 3.20. The molecular formula is C15H27N. The third-order valence-corrected chi connectivity index (χ3v) is 3.12. The first-order chi connectivity index (χ1) is 7.49. The Labute approximate surface area is 101 Å². The highest BCUT2D eigenvalue weighted by atomic mass is 15.0. The number of aromatic nitrogens is 1. The molecule has 1 heteroatoms. The lowest BCUT2D eigenvalue weighted by atomic mass is 10.1. The zero-order valence-electron chi connectivity index (χ0n) is 11.6. The van der Waals surface area contributed by atoms with Gasteiger partial charge < -0.3 is 4.57 Å². The lowest BCUT2D eigenvalue weighted by molar-refractivity contribution is 0.383. The van der Waals surface area contributed by atoms with Crippen molar-refractivity contribution in [1.82, 2.24) is 4.57 Å². The van der Waals surface area contributed by atoms with Gasteiger partial charge in [-0.3, -0.25) is 0 Å². The monoisotopic (exact) mass is 221 g/mol. The van der Waals surface area contributed by atoms with E-state index in [1.54, 1.807) is 0 Å². The van der Waals surface area contributed by atoms with Crippen LogP contribution in [0.1, 0.15) is 65.1 Å². The molecule has 0 saturated heterocycles. The van der Waals surface area contributed by atoms with Gasteiger partial charge in [-0.25, -0.2) is 0 Å². The summed E-state index contributed by atoms with van der Waals surface area (Å²) in [6.45, 7) is 11.4. The van der Waals surface area contributed by atoms with E-state index in [4.69, 9.17) is 0 Å². The predicted octanol–water partition coefficient (Wildman–Crippen LogP) is 4.54. The van der Waals surface area contributed by atoms with E-state index in [0.717, 1.165) is 6.42 Å². The molecule has 1 aromatic rings. The van der Waals surface area contributed by atoms with Crippen molar-refractivity contribution >= 4 is 0 Å². The van der Waals surface area contributed by atoms with E-state index in [9.17, 15) is 0 Å². The van der Waals surface area contributed by atoms with Crippen molar-refractivity contribution in [2.75, 3.05) is 0 Å². The molecule has 0 bridgehead atoms. The minimum Gasteiger partial charge on any atom is -0.346 e. The van der Waals surface area contributed by atoms with Crippen LogP contribution in [0.3, 0.4) is 0 Å². The molecule has 0 aliphatic carbocycles. The fourth-order valence-corrected chi connectivity index (χ4v) is 2.14. The topological polar surface area (TPSA) is 4.93 Å². The first-order valence-electron chi connectivity index (χ1n) is 6.69. The normalized spacial score (nSPS) is 12.1. The maximum atomic E-state index is 2.46. The highest BCUT2D eigenvalue weighted by Gasteiger charge is 2.16. The van der Waals surface area contributed by atoms with Gasteiger partial charge in [0, 0.05) is 17.4 Å². The minimum atomic E-state index is 0.217. The number of rotatable bonds is 5. The van der Waals surface area contributed by atoms with E-state index in [-0.39, 0.29) is 5.54 Å². The van der Waals surface area contributed by atoms with Crippen molar-refractivity contribution in [2.45, 2.75) is 72.3 Å². The van der Waals surface area contributed by atoms with Crippen LogP contribution in [0.5, 0.6) is 0 Å². The zero-order valence-corrected chi connectivity index (χ0v) is 11.6. The SMILES string of the molecule is CCCCCc1cc(CC)cn1C(C)(C)C. The Hall–Kier alpha value is -0.720. The highest BCUT2D eigenvalue weighted by molar-refractivity contribution is 5.20. The van der Waals surface area contributed by atoms with E-state index in [2.05, 4.69) is 51.4 Å². The van der Waals surface area contributed by atoms with Crippen LogP contribution in [0, 0.1) is 0 Å². The Morgan fingerprint density at radius 3 is 2.31 bits per heavy atom. The van der Waals surface area contributed by atoms with Crippen LogP contribution in [-0.4, -0.2) is 4.57 Å². The molecule has 0 saturated carbocycles. The summed E-state index contributed by atoms with van der Waals surface area (Å²) in [5, 5.41) is 0. The predicted molar refractivity (Wildman–Crippen MR) is 72.0 cm³/mol. The third kappa shape index (κ3) is 3.40. The van der Waals surface area contributed by atoms with E-state index in [1.165, 1.54) is 36.9 Å². The molecule has 0 aliphatic heterocycles. The average Bonchev–Trinajstić information content (AvgIpc) is 2.61. The van der Waals surface area contributed by atoms with Crippen LogP contribution in [0.15, 0.2) is 12.3 Å². The van der Waals surface area contributed by atoms with Gasteiger partial charge in [0.15, 0.2) is 0 Å². The van der Waals surface area contributed by atoms with Crippen LogP contribution in [0.25, 0.3) is 0 Å². The van der Waals surface area contributed by atoms with Gasteiger partial charge in [0.2, 0.25) is 0 Å². The summed E-state index contributed by atoms with van der Waals surface area (Å²) in [5.74, 6) is 0. The van der Waals surface area contributed by atoms with Crippen LogP contribution >= 0.6 is 0 Å². The fraction of sp³-hybridized carbons (Fsp3) is 0.733. The average molecular weight is 221 g/mol. The lowest BCUT2D eigenvalue weighted by Gasteiger charge is -2.24. The van der Waals surface area contributed by atoms with Gasteiger partial charge in [-0.05, 0) is 51.7 Å². The van der Waals surface area contributed by atoms with Crippen LogP contribution in [0.4, 0.5) is 0 Å². The Balaban J connectivity index is 2.84. The molecule has 0 aliphatic rings. The number of nitrogens with zero attached hydrogens (tertiary/aromatic N) is 1. The number of unbranched alkanes of at least 4 members (excludes halogenated alkanes) is 2. The molecule has 1 heterocycles. The molecule has 0 radical (unpaired) electrons. The van der Waals surface area contributed by atoms with Crippen molar-refractivity contribution in [1.29, 1.82) is 0 Å². The van der Waals surface area contributed by atoms with Gasteiger partial charge in [0.25, 0.3) is 0 Å². The van der Waals surface area contributed by atoms with Crippen molar-refractivity contribution in [3.8, 4) is 0 Å². The molecule has 0 unspecified atom stereocenters. The second-order valence-electron chi connectivity index (χ2n) is 5.69. The summed E-state index contributed by atoms with van der Waals surface area (Å²) < 4.78 is 2.46. The maximum Gasteiger partial charge on any atom is 0.0358 e. The largest absolute Gasteiger partial charge is 0.346 e. The van der Waals surface area contributed by atoms with E-state index >= 15 is 0 Å². The Kier molecular flexibility index (Phi) is 4.64. The molecule has 0 aromatic carbocycles. The molecule has 0 atom stereocenters. The number of aryl methyl sites for hydroxylation is 2. The highest BCUT2D eigenvalue weighted by Crippen LogP contribution is 2.22. The molecule has 0 fully saturated rings. The molecule has 0 spiro atoms. The summed E-state index contributed by atoms with van der Waals surface area (Å²) >= 11 is 0. The van der Waals surface area contributed by atoms with E-state index in [1.807, 2.05) is 0 Å². The number of hydrogen-bond acceptors (Lipinski definition) is 0. The first kappa shape index (κ1) is 13.3. The quantitative estimate of drug-likeness (QED) is 0.643. The minimum absolute atomic E-state index is 0.217. The Morgan fingerprint density at radius 1 is 1.12 bits per heavy atom. The van der Waals surface area contributed by atoms with Crippen LogP contribution < -0.4 is 0 Å². The smallest absolute Gasteiger partial charge is 0.0358 e. The molecule has 92 valence electrons. The van der Waals surface area contributed by atoms with Crippen molar-refractivity contribution in [3.63, 3.8) is 0 Å². The van der Waals surface area contributed by atoms with Crippen LogP contribution in [-0.2, 0) is 18.4 Å². The standard InChI is InChI=1S/C15H27N/c1-6-8-9-10-14-11-13(7-2)12-16(14)15(3,4)5/h11-12H,6-10H2,1-5H3.